The third-order valence-corrected chi connectivity index (χ3v) is 3.59. The molecule has 2 aromatic carbocycles. The topological polar surface area (TPSA) is 107 Å². The van der Waals surface area contributed by atoms with Crippen LogP contribution in [0.4, 0.5) is 5.69 Å². The Morgan fingerprint density at radius 2 is 2.00 bits per heavy atom. The number of benzene rings is 2. The van der Waals surface area contributed by atoms with E-state index in [1.54, 1.807) is 6.07 Å². The number of hydrogen-bond acceptors (Lipinski definition) is 5. The molecule has 8 heteroatoms. The molecule has 0 saturated heterocycles. The number of hydrogen-bond donors (Lipinski definition) is 1. The van der Waals surface area contributed by atoms with Gasteiger partial charge in [0.25, 0.3) is 5.69 Å². The summed E-state index contributed by atoms with van der Waals surface area (Å²) in [6, 6.07) is 13.6. The van der Waals surface area contributed by atoms with Gasteiger partial charge in [0.2, 0.25) is 0 Å². The molecule has 128 valence electrons. The summed E-state index contributed by atoms with van der Waals surface area (Å²) in [4.78, 5) is 31.4. The van der Waals surface area contributed by atoms with Crippen molar-refractivity contribution in [2.75, 3.05) is 6.61 Å². The van der Waals surface area contributed by atoms with Crippen molar-refractivity contribution >= 4 is 22.7 Å². The average molecular weight is 341 g/mol. The van der Waals surface area contributed by atoms with Crippen LogP contribution in [0.15, 0.2) is 48.5 Å². The molecule has 0 saturated carbocycles. The molecule has 0 radical (unpaired) electrons. The lowest BCUT2D eigenvalue weighted by Gasteiger charge is -2.10. The van der Waals surface area contributed by atoms with Gasteiger partial charge in [0, 0.05) is 24.1 Å². The quantitative estimate of drug-likeness (QED) is 0.402. The molecule has 0 aliphatic heterocycles. The largest absolute Gasteiger partial charge is 0.481 e. The Bertz CT molecular complexity index is 921. The van der Waals surface area contributed by atoms with E-state index in [0.29, 0.717) is 23.3 Å². The molecule has 3 aromatic rings. The molecule has 0 fully saturated rings. The zero-order chi connectivity index (χ0) is 17.8. The molecule has 1 N–H and O–H groups in total. The Morgan fingerprint density at radius 1 is 1.24 bits per heavy atom. The number of imidazole rings is 1. The van der Waals surface area contributed by atoms with Crippen molar-refractivity contribution in [2.24, 2.45) is 0 Å². The monoisotopic (exact) mass is 341 g/mol. The standard InChI is InChI=1S/C17H15N3O5/c21-16(22)7-4-10-25-19-15-11-13(20(23)24)8-9-14(15)18-17(19)12-5-2-1-3-6-12/h1-3,5-6,8-9,11H,4,7,10H2,(H,21,22). The number of carboxylic acid groups (broad SMARTS) is 1. The summed E-state index contributed by atoms with van der Waals surface area (Å²) >= 11 is 0. The van der Waals surface area contributed by atoms with Crippen LogP contribution in [-0.4, -0.2) is 32.3 Å². The van der Waals surface area contributed by atoms with E-state index < -0.39 is 10.9 Å². The number of carboxylic acids is 1. The molecular weight excluding hydrogens is 326 g/mol. The van der Waals surface area contributed by atoms with Crippen LogP contribution in [0.5, 0.6) is 0 Å². The highest BCUT2D eigenvalue weighted by atomic mass is 16.7. The van der Waals surface area contributed by atoms with E-state index in [0.717, 1.165) is 5.56 Å². The molecule has 0 unspecified atom stereocenters. The van der Waals surface area contributed by atoms with Crippen LogP contribution in [0.2, 0.25) is 0 Å². The maximum atomic E-state index is 11.0. The zero-order valence-corrected chi connectivity index (χ0v) is 13.2. The maximum absolute atomic E-state index is 11.0. The number of nitro groups is 1. The van der Waals surface area contributed by atoms with E-state index in [1.807, 2.05) is 30.3 Å². The van der Waals surface area contributed by atoms with Gasteiger partial charge in [-0.2, -0.15) is 4.73 Å². The summed E-state index contributed by atoms with van der Waals surface area (Å²) in [6.45, 7) is 0.153. The van der Waals surface area contributed by atoms with Crippen molar-refractivity contribution in [2.45, 2.75) is 12.8 Å². The minimum absolute atomic E-state index is 0.0204. The number of nitro benzene ring substituents is 1. The SMILES string of the molecule is O=C(O)CCCOn1c(-c2ccccc2)nc2ccc([N+](=O)[O-])cc21. The number of nitrogens with zero attached hydrogens (tertiary/aromatic N) is 3. The van der Waals surface area contributed by atoms with Crippen LogP contribution in [-0.2, 0) is 4.79 Å². The molecule has 0 atom stereocenters. The van der Waals surface area contributed by atoms with Crippen LogP contribution < -0.4 is 4.84 Å². The van der Waals surface area contributed by atoms with Crippen molar-refractivity contribution < 1.29 is 19.7 Å². The molecule has 0 aliphatic carbocycles. The van der Waals surface area contributed by atoms with Crippen molar-refractivity contribution in [3.05, 3.63) is 58.6 Å². The van der Waals surface area contributed by atoms with Gasteiger partial charge < -0.3 is 9.94 Å². The second-order valence-electron chi connectivity index (χ2n) is 5.36. The van der Waals surface area contributed by atoms with Gasteiger partial charge in [-0.05, 0) is 12.5 Å². The van der Waals surface area contributed by atoms with Gasteiger partial charge in [-0.3, -0.25) is 14.9 Å². The Labute approximate surface area is 142 Å². The fourth-order valence-corrected chi connectivity index (χ4v) is 2.44. The second-order valence-corrected chi connectivity index (χ2v) is 5.36. The maximum Gasteiger partial charge on any atom is 0.303 e. The Balaban J connectivity index is 2.02. The van der Waals surface area contributed by atoms with Gasteiger partial charge in [0.15, 0.2) is 5.82 Å². The van der Waals surface area contributed by atoms with Gasteiger partial charge in [-0.25, -0.2) is 4.98 Å². The van der Waals surface area contributed by atoms with Crippen LogP contribution in [0.3, 0.4) is 0 Å². The third-order valence-electron chi connectivity index (χ3n) is 3.59. The molecule has 0 bridgehead atoms. The first-order chi connectivity index (χ1) is 12.1. The summed E-state index contributed by atoms with van der Waals surface area (Å²) in [7, 11) is 0. The number of aromatic nitrogens is 2. The molecule has 0 amide bonds. The van der Waals surface area contributed by atoms with E-state index >= 15 is 0 Å². The highest BCUT2D eigenvalue weighted by molar-refractivity contribution is 5.82. The summed E-state index contributed by atoms with van der Waals surface area (Å²) in [5, 5.41) is 19.8. The average Bonchev–Trinajstić information content (AvgIpc) is 2.97. The van der Waals surface area contributed by atoms with E-state index in [4.69, 9.17) is 9.94 Å². The number of carbonyl (C=O) groups is 1. The van der Waals surface area contributed by atoms with E-state index in [-0.39, 0.29) is 18.7 Å². The Kier molecular flexibility index (Phi) is 4.60. The number of aliphatic carboxylic acids is 1. The van der Waals surface area contributed by atoms with Gasteiger partial charge >= 0.3 is 5.97 Å². The van der Waals surface area contributed by atoms with Gasteiger partial charge in [-0.1, -0.05) is 30.3 Å². The highest BCUT2D eigenvalue weighted by Crippen LogP contribution is 2.26. The summed E-state index contributed by atoms with van der Waals surface area (Å²) in [6.07, 6.45) is 0.297. The van der Waals surface area contributed by atoms with Crippen molar-refractivity contribution in [3.63, 3.8) is 0 Å². The van der Waals surface area contributed by atoms with E-state index in [2.05, 4.69) is 4.98 Å². The highest BCUT2D eigenvalue weighted by Gasteiger charge is 2.17. The minimum atomic E-state index is -0.905. The Hall–Kier alpha value is -3.42. The zero-order valence-electron chi connectivity index (χ0n) is 13.2. The summed E-state index contributed by atoms with van der Waals surface area (Å²) in [5.74, 6) is -0.399. The lowest BCUT2D eigenvalue weighted by molar-refractivity contribution is -0.384. The lowest BCUT2D eigenvalue weighted by Crippen LogP contribution is -2.15. The smallest absolute Gasteiger partial charge is 0.303 e. The molecule has 8 nitrogen and oxygen atoms in total. The minimum Gasteiger partial charge on any atom is -0.481 e. The molecule has 25 heavy (non-hydrogen) atoms. The number of fused-ring (bicyclic) bond motifs is 1. The van der Waals surface area contributed by atoms with Crippen LogP contribution >= 0.6 is 0 Å². The summed E-state index contributed by atoms with van der Waals surface area (Å²) in [5.41, 5.74) is 1.74. The van der Waals surface area contributed by atoms with Crippen LogP contribution in [0.25, 0.3) is 22.4 Å². The van der Waals surface area contributed by atoms with E-state index in [9.17, 15) is 14.9 Å². The molecule has 1 aromatic heterocycles. The predicted octanol–water partition coefficient (Wildman–Crippen LogP) is 2.90. The van der Waals surface area contributed by atoms with Crippen molar-refractivity contribution in [1.82, 2.24) is 9.71 Å². The number of rotatable bonds is 7. The fraction of sp³-hybridized carbons (Fsp3) is 0.176. The van der Waals surface area contributed by atoms with Crippen LogP contribution in [0, 0.1) is 10.1 Å². The normalized spacial score (nSPS) is 10.7. The summed E-state index contributed by atoms with van der Waals surface area (Å²) < 4.78 is 1.43. The first-order valence-corrected chi connectivity index (χ1v) is 7.63. The molecule has 0 spiro atoms. The van der Waals surface area contributed by atoms with Gasteiger partial charge in [0.1, 0.15) is 12.1 Å². The fourth-order valence-electron chi connectivity index (χ4n) is 2.44. The first-order valence-electron chi connectivity index (χ1n) is 7.63. The molecule has 0 aliphatic rings. The van der Waals surface area contributed by atoms with Crippen molar-refractivity contribution in [1.29, 1.82) is 0 Å². The molecule has 1 heterocycles. The third kappa shape index (κ3) is 3.57. The molecule has 3 rings (SSSR count). The molecular formula is C17H15N3O5. The van der Waals surface area contributed by atoms with Crippen LogP contribution in [0.1, 0.15) is 12.8 Å². The van der Waals surface area contributed by atoms with Gasteiger partial charge in [-0.15, -0.1) is 0 Å². The lowest BCUT2D eigenvalue weighted by atomic mass is 10.2. The van der Waals surface area contributed by atoms with E-state index in [1.165, 1.54) is 16.9 Å². The number of non-ortho nitro benzene ring substituents is 1. The Morgan fingerprint density at radius 3 is 2.68 bits per heavy atom. The predicted molar refractivity (Wildman–Crippen MR) is 90.1 cm³/mol. The van der Waals surface area contributed by atoms with Crippen molar-refractivity contribution in [3.8, 4) is 11.4 Å². The second kappa shape index (κ2) is 7.00. The first kappa shape index (κ1) is 16.4. The van der Waals surface area contributed by atoms with Gasteiger partial charge in [0.05, 0.1) is 10.4 Å².